The highest BCUT2D eigenvalue weighted by molar-refractivity contribution is 6.31. The quantitative estimate of drug-likeness (QED) is 0.650. The van der Waals surface area contributed by atoms with Crippen LogP contribution < -0.4 is 10.5 Å². The first kappa shape index (κ1) is 14.4. The molecule has 4 heteroatoms. The minimum atomic E-state index is 0.0720. The first-order valence-electron chi connectivity index (χ1n) is 6.44. The van der Waals surface area contributed by atoms with Crippen LogP contribution in [0.2, 0.25) is 5.02 Å². The molecule has 0 aromatic heterocycles. The van der Waals surface area contributed by atoms with Crippen molar-refractivity contribution in [3.05, 3.63) is 64.2 Å². The van der Waals surface area contributed by atoms with Crippen molar-refractivity contribution in [3.8, 4) is 5.75 Å². The van der Waals surface area contributed by atoms with Gasteiger partial charge >= 0.3 is 0 Å². The Bertz CT molecular complexity index is 608. The van der Waals surface area contributed by atoms with Crippen LogP contribution in [-0.2, 0) is 13.0 Å². The molecule has 0 radical (unpaired) electrons. The van der Waals surface area contributed by atoms with Gasteiger partial charge < -0.3 is 10.5 Å². The predicted molar refractivity (Wildman–Crippen MR) is 82.6 cm³/mol. The van der Waals surface area contributed by atoms with E-state index in [0.29, 0.717) is 12.2 Å². The fraction of sp³-hybridized carbons (Fsp3) is 0.188. The van der Waals surface area contributed by atoms with E-state index in [1.54, 1.807) is 0 Å². The number of ether oxygens (including phenoxy) is 1. The highest BCUT2D eigenvalue weighted by Gasteiger charge is 2.02. The lowest BCUT2D eigenvalue weighted by Crippen LogP contribution is -2.10. The van der Waals surface area contributed by atoms with Crippen molar-refractivity contribution >= 4 is 17.4 Å². The molecule has 2 rings (SSSR count). The molecule has 0 aliphatic rings. The highest BCUT2D eigenvalue weighted by atomic mass is 35.5. The Balaban J connectivity index is 2.03. The lowest BCUT2D eigenvalue weighted by atomic mass is 10.1. The molecule has 0 aliphatic heterocycles. The van der Waals surface area contributed by atoms with Crippen molar-refractivity contribution in [2.24, 2.45) is 5.73 Å². The van der Waals surface area contributed by atoms with E-state index in [4.69, 9.17) is 27.5 Å². The summed E-state index contributed by atoms with van der Waals surface area (Å²) in [4.78, 5) is 0. The van der Waals surface area contributed by atoms with E-state index in [1.807, 2.05) is 42.5 Å². The number of rotatable bonds is 5. The summed E-state index contributed by atoms with van der Waals surface area (Å²) in [7, 11) is 0. The smallest absolute Gasteiger partial charge is 0.122 e. The maximum absolute atomic E-state index is 7.34. The summed E-state index contributed by atoms with van der Waals surface area (Å²) in [6.45, 7) is 2.54. The Morgan fingerprint density at radius 1 is 1.20 bits per heavy atom. The van der Waals surface area contributed by atoms with E-state index in [-0.39, 0.29) is 5.84 Å². The van der Waals surface area contributed by atoms with Gasteiger partial charge in [-0.25, -0.2) is 0 Å². The van der Waals surface area contributed by atoms with Gasteiger partial charge in [-0.15, -0.1) is 0 Å². The third kappa shape index (κ3) is 3.52. The molecule has 0 amide bonds. The van der Waals surface area contributed by atoms with E-state index in [2.05, 4.69) is 6.92 Å². The number of nitrogens with two attached hydrogens (primary N) is 1. The first-order valence-corrected chi connectivity index (χ1v) is 6.82. The van der Waals surface area contributed by atoms with Crippen LogP contribution in [0, 0.1) is 5.41 Å². The maximum atomic E-state index is 7.34. The Morgan fingerprint density at radius 2 is 1.90 bits per heavy atom. The molecular weight excluding hydrogens is 272 g/mol. The van der Waals surface area contributed by atoms with Crippen molar-refractivity contribution in [2.45, 2.75) is 20.0 Å². The molecular formula is C16H17ClN2O. The number of aryl methyl sites for hydroxylation is 1. The molecule has 104 valence electrons. The van der Waals surface area contributed by atoms with Crippen LogP contribution in [0.4, 0.5) is 0 Å². The summed E-state index contributed by atoms with van der Waals surface area (Å²) in [6.07, 6.45) is 0.878. The van der Waals surface area contributed by atoms with Gasteiger partial charge in [0.15, 0.2) is 0 Å². The Kier molecular flexibility index (Phi) is 4.64. The van der Waals surface area contributed by atoms with Gasteiger partial charge in [0.25, 0.3) is 0 Å². The van der Waals surface area contributed by atoms with Crippen molar-refractivity contribution in [3.63, 3.8) is 0 Å². The predicted octanol–water partition coefficient (Wildman–Crippen LogP) is 3.77. The van der Waals surface area contributed by atoms with E-state index in [1.165, 1.54) is 0 Å². The molecule has 0 bridgehead atoms. The molecule has 0 fully saturated rings. The van der Waals surface area contributed by atoms with Gasteiger partial charge in [0, 0.05) is 10.6 Å². The fourth-order valence-electron chi connectivity index (χ4n) is 1.86. The van der Waals surface area contributed by atoms with Crippen molar-refractivity contribution in [1.29, 1.82) is 5.41 Å². The van der Waals surface area contributed by atoms with Gasteiger partial charge in [-0.2, -0.15) is 0 Å². The summed E-state index contributed by atoms with van der Waals surface area (Å²) in [5, 5.41) is 8.11. The molecule has 20 heavy (non-hydrogen) atoms. The van der Waals surface area contributed by atoms with Gasteiger partial charge in [0.1, 0.15) is 18.2 Å². The molecule has 0 unspecified atom stereocenters. The molecule has 0 spiro atoms. The van der Waals surface area contributed by atoms with E-state index in [0.717, 1.165) is 28.3 Å². The first-order chi connectivity index (χ1) is 9.60. The Hall–Kier alpha value is -2.00. The van der Waals surface area contributed by atoms with Crippen LogP contribution >= 0.6 is 11.6 Å². The SMILES string of the molecule is CCc1cc(OCc2ccc(C(=N)N)cc2)ccc1Cl. The number of nitrogens with one attached hydrogen (secondary N) is 1. The minimum Gasteiger partial charge on any atom is -0.489 e. The summed E-state index contributed by atoms with van der Waals surface area (Å²) in [5.74, 6) is 0.879. The highest BCUT2D eigenvalue weighted by Crippen LogP contribution is 2.23. The zero-order valence-corrected chi connectivity index (χ0v) is 12.1. The molecule has 0 heterocycles. The summed E-state index contributed by atoms with van der Waals surface area (Å²) < 4.78 is 5.75. The largest absolute Gasteiger partial charge is 0.489 e. The number of amidine groups is 1. The molecule has 3 nitrogen and oxygen atoms in total. The fourth-order valence-corrected chi connectivity index (χ4v) is 2.11. The lowest BCUT2D eigenvalue weighted by molar-refractivity contribution is 0.306. The summed E-state index contributed by atoms with van der Waals surface area (Å²) in [5.41, 5.74) is 8.24. The topological polar surface area (TPSA) is 59.1 Å². The molecule has 0 aliphatic carbocycles. The average molecular weight is 289 g/mol. The van der Waals surface area contributed by atoms with Gasteiger partial charge in [0.2, 0.25) is 0 Å². The van der Waals surface area contributed by atoms with Gasteiger partial charge in [0.05, 0.1) is 0 Å². The standard InChI is InChI=1S/C16H17ClN2O/c1-2-12-9-14(7-8-15(12)17)20-10-11-3-5-13(6-4-11)16(18)19/h3-9H,2,10H2,1H3,(H3,18,19). The summed E-state index contributed by atoms with van der Waals surface area (Å²) >= 11 is 6.07. The Morgan fingerprint density at radius 3 is 2.50 bits per heavy atom. The van der Waals surface area contributed by atoms with Crippen LogP contribution in [0.5, 0.6) is 5.75 Å². The van der Waals surface area contributed by atoms with Crippen molar-refractivity contribution in [1.82, 2.24) is 0 Å². The van der Waals surface area contributed by atoms with E-state index < -0.39 is 0 Å². The second kappa shape index (κ2) is 6.44. The number of benzene rings is 2. The zero-order valence-electron chi connectivity index (χ0n) is 11.3. The third-order valence-corrected chi connectivity index (χ3v) is 3.44. The minimum absolute atomic E-state index is 0.0720. The van der Waals surface area contributed by atoms with Gasteiger partial charge in [-0.1, -0.05) is 42.8 Å². The molecule has 0 atom stereocenters. The third-order valence-electron chi connectivity index (χ3n) is 3.07. The van der Waals surface area contributed by atoms with Crippen LogP contribution in [0.1, 0.15) is 23.6 Å². The number of hydrogen-bond acceptors (Lipinski definition) is 2. The van der Waals surface area contributed by atoms with Crippen LogP contribution in [0.15, 0.2) is 42.5 Å². The van der Waals surface area contributed by atoms with E-state index in [9.17, 15) is 0 Å². The molecule has 2 aromatic rings. The van der Waals surface area contributed by atoms with Crippen LogP contribution in [0.25, 0.3) is 0 Å². The lowest BCUT2D eigenvalue weighted by Gasteiger charge is -2.09. The second-order valence-electron chi connectivity index (χ2n) is 4.51. The zero-order chi connectivity index (χ0) is 14.5. The number of nitrogen functional groups attached to an aromatic ring is 1. The van der Waals surface area contributed by atoms with Crippen LogP contribution in [-0.4, -0.2) is 5.84 Å². The molecule has 0 saturated carbocycles. The summed E-state index contributed by atoms with van der Waals surface area (Å²) in [6, 6.07) is 13.1. The van der Waals surface area contributed by atoms with Gasteiger partial charge in [-0.3, -0.25) is 5.41 Å². The molecule has 3 N–H and O–H groups in total. The molecule has 0 saturated heterocycles. The van der Waals surface area contributed by atoms with Gasteiger partial charge in [-0.05, 0) is 35.7 Å². The second-order valence-corrected chi connectivity index (χ2v) is 4.91. The Labute approximate surface area is 123 Å². The maximum Gasteiger partial charge on any atom is 0.122 e. The number of hydrogen-bond donors (Lipinski definition) is 2. The van der Waals surface area contributed by atoms with E-state index >= 15 is 0 Å². The van der Waals surface area contributed by atoms with Crippen LogP contribution in [0.3, 0.4) is 0 Å². The van der Waals surface area contributed by atoms with Crippen molar-refractivity contribution in [2.75, 3.05) is 0 Å². The average Bonchev–Trinajstić information content (AvgIpc) is 2.46. The normalized spacial score (nSPS) is 10.3. The van der Waals surface area contributed by atoms with Crippen molar-refractivity contribution < 1.29 is 4.74 Å². The molecule has 2 aromatic carbocycles. The number of halogens is 1. The monoisotopic (exact) mass is 288 g/mol.